The number of anilines is 3. The average molecular weight is 936 g/mol. The highest BCUT2D eigenvalue weighted by atomic mass is 32.1. The minimum atomic E-state index is -0.206. The van der Waals surface area contributed by atoms with E-state index < -0.39 is 0 Å². The van der Waals surface area contributed by atoms with Gasteiger partial charge in [0.15, 0.2) is 5.75 Å². The van der Waals surface area contributed by atoms with Gasteiger partial charge in [0.25, 0.3) is 0 Å². The van der Waals surface area contributed by atoms with Gasteiger partial charge in [-0.15, -0.1) is 11.3 Å². The molecule has 0 radical (unpaired) electrons. The minimum Gasteiger partial charge on any atom is -0.454 e. The molecule has 0 N–H and O–H groups in total. The van der Waals surface area contributed by atoms with Crippen LogP contribution in [0.2, 0.25) is 0 Å². The predicted molar refractivity (Wildman–Crippen MR) is 308 cm³/mol. The van der Waals surface area contributed by atoms with Crippen LogP contribution < -0.4 is 9.64 Å². The van der Waals surface area contributed by atoms with Gasteiger partial charge in [-0.05, 0) is 136 Å². The number of hydrogen-bond donors (Lipinski definition) is 0. The fraction of sp³-hybridized carbons (Fsp3) is 0.0435. The molecule has 0 saturated heterocycles. The molecule has 13 aromatic rings. The smallest absolute Gasteiger partial charge is 0.159 e. The van der Waals surface area contributed by atoms with E-state index >= 15 is 0 Å². The molecular formula is C69H45NOS. The van der Waals surface area contributed by atoms with Crippen LogP contribution >= 0.6 is 11.3 Å². The summed E-state index contributed by atoms with van der Waals surface area (Å²) in [5.41, 5.74) is 12.6. The van der Waals surface area contributed by atoms with Gasteiger partial charge in [-0.2, -0.15) is 0 Å². The summed E-state index contributed by atoms with van der Waals surface area (Å²) >= 11 is 1.88. The zero-order valence-electron chi connectivity index (χ0n) is 39.8. The molecule has 0 atom stereocenters. The molecule has 2 heterocycles. The molecule has 0 unspecified atom stereocenters. The first-order chi connectivity index (χ1) is 35.5. The molecule has 1 aromatic heterocycles. The summed E-state index contributed by atoms with van der Waals surface area (Å²) in [6.45, 7) is 4.73. The maximum absolute atomic E-state index is 7.31. The molecule has 0 saturated carbocycles. The molecule has 338 valence electrons. The van der Waals surface area contributed by atoms with Gasteiger partial charge in [-0.3, -0.25) is 0 Å². The Hall–Kier alpha value is -8.76. The number of fused-ring (bicyclic) bond motifs is 22. The molecule has 0 amide bonds. The molecule has 1 aliphatic carbocycles. The van der Waals surface area contributed by atoms with Gasteiger partial charge >= 0.3 is 0 Å². The Kier molecular flexibility index (Phi) is 8.91. The van der Waals surface area contributed by atoms with Crippen molar-refractivity contribution in [1.82, 2.24) is 0 Å². The Balaban J connectivity index is 1.10. The van der Waals surface area contributed by atoms with E-state index in [0.29, 0.717) is 0 Å². The summed E-state index contributed by atoms with van der Waals surface area (Å²) in [5, 5.41) is 14.7. The lowest BCUT2D eigenvalue weighted by Crippen LogP contribution is -2.17. The van der Waals surface area contributed by atoms with Gasteiger partial charge in [0, 0.05) is 48.1 Å². The molecule has 2 nitrogen and oxygen atoms in total. The zero-order chi connectivity index (χ0) is 47.7. The van der Waals surface area contributed by atoms with E-state index in [1.54, 1.807) is 0 Å². The van der Waals surface area contributed by atoms with E-state index in [9.17, 15) is 0 Å². The van der Waals surface area contributed by atoms with Crippen molar-refractivity contribution in [2.75, 3.05) is 4.90 Å². The lowest BCUT2D eigenvalue weighted by atomic mass is 9.82. The van der Waals surface area contributed by atoms with Crippen molar-refractivity contribution in [2.45, 2.75) is 19.3 Å². The Bertz CT molecular complexity index is 4540. The summed E-state index contributed by atoms with van der Waals surface area (Å²) in [6, 6.07) is 87.8. The van der Waals surface area contributed by atoms with Gasteiger partial charge in [-0.1, -0.05) is 202 Å². The molecular weight excluding hydrogens is 891 g/mol. The molecule has 0 bridgehead atoms. The van der Waals surface area contributed by atoms with Crippen LogP contribution in [-0.2, 0) is 5.41 Å². The van der Waals surface area contributed by atoms with Crippen LogP contribution in [0.3, 0.4) is 0 Å². The summed E-state index contributed by atoms with van der Waals surface area (Å²) in [7, 11) is 0. The lowest BCUT2D eigenvalue weighted by Gasteiger charge is -2.30. The van der Waals surface area contributed by atoms with Crippen LogP contribution in [0.5, 0.6) is 11.5 Å². The Morgan fingerprint density at radius 1 is 0.333 bits per heavy atom. The van der Waals surface area contributed by atoms with E-state index in [-0.39, 0.29) is 5.41 Å². The van der Waals surface area contributed by atoms with Crippen molar-refractivity contribution >= 4 is 102 Å². The number of benzene rings is 11. The molecule has 72 heavy (non-hydrogen) atoms. The summed E-state index contributed by atoms with van der Waals surface area (Å²) in [6.07, 6.45) is 0. The van der Waals surface area contributed by atoms with Crippen molar-refractivity contribution in [2.24, 2.45) is 0 Å². The highest BCUT2D eigenvalue weighted by molar-refractivity contribution is 7.26. The average Bonchev–Trinajstić information content (AvgIpc) is 3.87. The first-order valence-electron chi connectivity index (χ1n) is 24.9. The largest absolute Gasteiger partial charge is 0.454 e. The monoisotopic (exact) mass is 935 g/mol. The summed E-state index contributed by atoms with van der Waals surface area (Å²) in [5.74, 6) is 1.66. The second-order valence-corrected chi connectivity index (χ2v) is 20.9. The van der Waals surface area contributed by atoms with E-state index in [1.807, 2.05) is 11.3 Å². The number of para-hydroxylation sites is 2. The third kappa shape index (κ3) is 5.95. The first kappa shape index (κ1) is 41.1. The van der Waals surface area contributed by atoms with Crippen LogP contribution in [0, 0.1) is 0 Å². The topological polar surface area (TPSA) is 12.5 Å². The van der Waals surface area contributed by atoms with Crippen molar-refractivity contribution in [3.63, 3.8) is 0 Å². The molecule has 12 aromatic carbocycles. The number of rotatable bonds is 3. The highest BCUT2D eigenvalue weighted by Gasteiger charge is 2.36. The SMILES string of the molecule is CC1(C)c2ccccc2-c2ccc(N(c3ccc4c(c3)c3ccccc3c3ccccc3c3ccccc3c3c4ccc4sc5ccccc5c43)c3cccc4c3Oc3ccccc3-c3ccccc3-4)cc21. The normalized spacial score (nSPS) is 13.1. The maximum atomic E-state index is 7.31. The van der Waals surface area contributed by atoms with Gasteiger partial charge in [0.1, 0.15) is 5.75 Å². The van der Waals surface area contributed by atoms with Crippen LogP contribution in [0.4, 0.5) is 17.1 Å². The van der Waals surface area contributed by atoms with Crippen molar-refractivity contribution in [3.8, 4) is 44.9 Å². The van der Waals surface area contributed by atoms with E-state index in [0.717, 1.165) is 56.2 Å². The second-order valence-electron chi connectivity index (χ2n) is 19.9. The highest BCUT2D eigenvalue weighted by Crippen LogP contribution is 2.55. The van der Waals surface area contributed by atoms with Crippen LogP contribution in [0.15, 0.2) is 237 Å². The van der Waals surface area contributed by atoms with Crippen LogP contribution in [0.1, 0.15) is 25.0 Å². The van der Waals surface area contributed by atoms with E-state index in [2.05, 4.69) is 255 Å². The maximum Gasteiger partial charge on any atom is 0.159 e. The third-order valence-electron chi connectivity index (χ3n) is 15.7. The molecule has 0 spiro atoms. The van der Waals surface area contributed by atoms with Gasteiger partial charge in [-0.25, -0.2) is 0 Å². The molecule has 1 aliphatic heterocycles. The Morgan fingerprint density at radius 3 is 1.58 bits per heavy atom. The summed E-state index contributed by atoms with van der Waals surface area (Å²) in [4.78, 5) is 2.45. The molecule has 0 fully saturated rings. The van der Waals surface area contributed by atoms with Crippen molar-refractivity contribution in [1.29, 1.82) is 0 Å². The Labute approximate surface area is 421 Å². The first-order valence-corrected chi connectivity index (χ1v) is 25.7. The van der Waals surface area contributed by atoms with E-state index in [1.165, 1.54) is 90.9 Å². The van der Waals surface area contributed by atoms with Crippen LogP contribution in [-0.4, -0.2) is 0 Å². The van der Waals surface area contributed by atoms with Gasteiger partial charge < -0.3 is 9.64 Å². The predicted octanol–water partition coefficient (Wildman–Crippen LogP) is 20.2. The fourth-order valence-corrected chi connectivity index (χ4v) is 13.5. The molecule has 15 rings (SSSR count). The van der Waals surface area contributed by atoms with Gasteiger partial charge in [0.2, 0.25) is 0 Å². The number of ether oxygens (including phenoxy) is 1. The third-order valence-corrected chi connectivity index (χ3v) is 16.8. The van der Waals surface area contributed by atoms with Crippen LogP contribution in [0.25, 0.3) is 107 Å². The number of thiophene rings is 1. The second kappa shape index (κ2) is 15.6. The fourth-order valence-electron chi connectivity index (χ4n) is 12.4. The van der Waals surface area contributed by atoms with E-state index in [4.69, 9.17) is 4.74 Å². The Morgan fingerprint density at radius 2 is 0.833 bits per heavy atom. The molecule has 2 aliphatic rings. The summed E-state index contributed by atoms with van der Waals surface area (Å²) < 4.78 is 9.89. The zero-order valence-corrected chi connectivity index (χ0v) is 40.6. The quantitative estimate of drug-likeness (QED) is 0.175. The lowest BCUT2D eigenvalue weighted by molar-refractivity contribution is 0.489. The standard InChI is InChI=1S/C69H45NOS/c1-69(2)60-30-14-11-25-52(60)53-37-35-43(41-61(53)69)70(62-31-17-29-57-49-23-7-6-21-47(49)54-26-12-15-32-63(54)71-68(57)62)42-34-36-51-56-38-39-65-67(58-28-13-16-33-64(58)72-65)66(56)55-27-10-9-22-48(55)45-19-4-3-18-44(45)46-20-5-8-24-50(46)59(51)40-42/h3-41H,1-2H3. The minimum absolute atomic E-state index is 0.206. The number of hydrogen-bond acceptors (Lipinski definition) is 3. The number of nitrogens with zero attached hydrogens (tertiary/aromatic N) is 1. The van der Waals surface area contributed by atoms with Crippen molar-refractivity contribution in [3.05, 3.63) is 248 Å². The van der Waals surface area contributed by atoms with Gasteiger partial charge in [0.05, 0.1) is 5.69 Å². The van der Waals surface area contributed by atoms with Crippen molar-refractivity contribution < 1.29 is 4.74 Å². The molecule has 3 heteroatoms.